The van der Waals surface area contributed by atoms with E-state index >= 15 is 0 Å². The van der Waals surface area contributed by atoms with E-state index in [2.05, 4.69) is 47.8 Å². The van der Waals surface area contributed by atoms with Crippen LogP contribution >= 0.6 is 64.0 Å². The van der Waals surface area contributed by atoms with E-state index in [1.807, 2.05) is 20.8 Å². The molecular weight excluding hydrogens is 578 g/mol. The minimum absolute atomic E-state index is 0. The Bertz CT molecular complexity index is 252. The molecular formula is C15H37Br3O6P2. The molecule has 0 atom stereocenters. The van der Waals surface area contributed by atoms with Gasteiger partial charge in [-0.15, -0.1) is 0 Å². The zero-order valence-electron chi connectivity index (χ0n) is 15.8. The predicted molar refractivity (Wildman–Crippen MR) is 126 cm³/mol. The third-order valence-corrected chi connectivity index (χ3v) is 8.13. The van der Waals surface area contributed by atoms with Crippen molar-refractivity contribution in [3.05, 3.63) is 0 Å². The van der Waals surface area contributed by atoms with Crippen molar-refractivity contribution in [1.82, 2.24) is 0 Å². The van der Waals surface area contributed by atoms with Gasteiger partial charge >= 0.3 is 16.2 Å². The van der Waals surface area contributed by atoms with E-state index in [-0.39, 0.29) is 7.43 Å². The Morgan fingerprint density at radius 1 is 0.692 bits per heavy atom. The van der Waals surface area contributed by atoms with Gasteiger partial charge in [-0.25, -0.2) is 0 Å². The first-order valence-corrected chi connectivity index (χ1v) is 14.4. The first-order valence-electron chi connectivity index (χ1n) is 8.19. The number of halogens is 3. The van der Waals surface area contributed by atoms with Gasteiger partial charge in [-0.3, -0.25) is 4.57 Å². The van der Waals surface area contributed by atoms with Crippen molar-refractivity contribution < 1.29 is 27.2 Å². The van der Waals surface area contributed by atoms with E-state index in [9.17, 15) is 4.57 Å². The lowest BCUT2D eigenvalue weighted by molar-refractivity contribution is 0.176. The van der Waals surface area contributed by atoms with Crippen molar-refractivity contribution in [1.29, 1.82) is 0 Å². The maximum Gasteiger partial charge on any atom is 0.332 e. The highest BCUT2D eigenvalue weighted by Crippen LogP contribution is 2.47. The molecule has 0 aliphatic carbocycles. The molecule has 0 aliphatic rings. The average Bonchev–Trinajstić information content (AvgIpc) is 2.57. The number of hydrogen-bond acceptors (Lipinski definition) is 6. The fraction of sp³-hybridized carbons (Fsp3) is 1.00. The van der Waals surface area contributed by atoms with Crippen LogP contribution in [0.2, 0.25) is 0 Å². The third-order valence-electron chi connectivity index (χ3n) is 1.78. The van der Waals surface area contributed by atoms with Crippen molar-refractivity contribution in [3.63, 3.8) is 0 Å². The van der Waals surface area contributed by atoms with Crippen LogP contribution in [-0.4, -0.2) is 55.2 Å². The van der Waals surface area contributed by atoms with Crippen LogP contribution in [0.15, 0.2) is 0 Å². The average molecular weight is 615 g/mol. The summed E-state index contributed by atoms with van der Waals surface area (Å²) in [6.45, 7) is 12.2. The quantitative estimate of drug-likeness (QED) is 0.159. The van der Waals surface area contributed by atoms with E-state index in [0.29, 0.717) is 44.5 Å². The summed E-state index contributed by atoms with van der Waals surface area (Å²) in [5.41, 5.74) is 0. The Hall–Kier alpha value is 1.90. The Morgan fingerprint density at radius 2 is 1.04 bits per heavy atom. The molecule has 0 unspecified atom stereocenters. The highest BCUT2D eigenvalue weighted by Gasteiger charge is 2.21. The molecule has 0 fully saturated rings. The van der Waals surface area contributed by atoms with Gasteiger partial charge in [-0.2, -0.15) is 0 Å². The molecule has 0 aromatic heterocycles. The standard InChI is InChI=1S/C6H14BrO3P.C6H15O3P.C2H4Br2.CH4/c1-3-9-11(8,6-5-7)10-4-2;1-4-7-10(8-5-2)9-6-3;3-1-2-4;/h3-6H2,1-2H3;4-6H2,1-3H3;1-2H2;1H4. The molecule has 0 saturated heterocycles. The monoisotopic (exact) mass is 612 g/mol. The molecule has 0 aromatic rings. The van der Waals surface area contributed by atoms with Gasteiger partial charge in [-0.05, 0) is 34.6 Å². The van der Waals surface area contributed by atoms with Gasteiger partial charge in [0.05, 0.1) is 39.2 Å². The van der Waals surface area contributed by atoms with Gasteiger partial charge in [0.25, 0.3) is 0 Å². The van der Waals surface area contributed by atoms with Crippen molar-refractivity contribution in [3.8, 4) is 0 Å². The fourth-order valence-electron chi connectivity index (χ4n) is 1.09. The summed E-state index contributed by atoms with van der Waals surface area (Å²) in [5.74, 6) is 0. The second kappa shape index (κ2) is 29.1. The molecule has 164 valence electrons. The summed E-state index contributed by atoms with van der Waals surface area (Å²) < 4.78 is 37.0. The molecule has 0 aromatic carbocycles. The Balaban J connectivity index is -0.000000150. The highest BCUT2D eigenvalue weighted by atomic mass is 79.9. The molecule has 6 nitrogen and oxygen atoms in total. The lowest BCUT2D eigenvalue weighted by atomic mass is 10.9. The minimum Gasteiger partial charge on any atom is -0.313 e. The lowest BCUT2D eigenvalue weighted by Gasteiger charge is -2.14. The maximum atomic E-state index is 11.5. The van der Waals surface area contributed by atoms with Gasteiger partial charge < -0.3 is 22.6 Å². The zero-order chi connectivity index (χ0) is 20.0. The van der Waals surface area contributed by atoms with Crippen molar-refractivity contribution >= 4 is 64.0 Å². The smallest absolute Gasteiger partial charge is 0.313 e. The van der Waals surface area contributed by atoms with E-state index in [0.717, 1.165) is 10.7 Å². The van der Waals surface area contributed by atoms with Crippen molar-refractivity contribution in [2.45, 2.75) is 42.0 Å². The minimum atomic E-state index is -2.77. The Kier molecular flexibility index (Phi) is 39.6. The fourth-order valence-corrected chi connectivity index (χ4v) is 4.58. The molecule has 0 bridgehead atoms. The van der Waals surface area contributed by atoms with Gasteiger partial charge in [-0.1, -0.05) is 55.2 Å². The van der Waals surface area contributed by atoms with E-state index in [1.54, 1.807) is 13.8 Å². The number of hydrogen-bond donors (Lipinski definition) is 0. The van der Waals surface area contributed by atoms with E-state index in [1.165, 1.54) is 0 Å². The molecule has 0 spiro atoms. The van der Waals surface area contributed by atoms with Crippen LogP contribution < -0.4 is 0 Å². The van der Waals surface area contributed by atoms with Gasteiger partial charge in [0.2, 0.25) is 0 Å². The predicted octanol–water partition coefficient (Wildman–Crippen LogP) is 7.38. The molecule has 26 heavy (non-hydrogen) atoms. The lowest BCUT2D eigenvalue weighted by Crippen LogP contribution is -2.00. The summed E-state index contributed by atoms with van der Waals surface area (Å²) in [4.78, 5) is 0. The van der Waals surface area contributed by atoms with Gasteiger partial charge in [0.15, 0.2) is 0 Å². The molecule has 0 aliphatic heterocycles. The SMILES string of the molecule is BrCCBr.C.CCOP(=O)(CCBr)OCC.CCOP(OCC)OCC. The van der Waals surface area contributed by atoms with E-state index in [4.69, 9.17) is 22.6 Å². The normalized spacial score (nSPS) is 10.3. The topological polar surface area (TPSA) is 63.2 Å². The first-order chi connectivity index (χ1) is 11.9. The third kappa shape index (κ3) is 28.1. The molecule has 0 radical (unpaired) electrons. The Labute approximate surface area is 187 Å². The van der Waals surface area contributed by atoms with Crippen LogP contribution in [0.5, 0.6) is 0 Å². The summed E-state index contributed by atoms with van der Waals surface area (Å²) >= 11 is 9.60. The largest absolute Gasteiger partial charge is 0.332 e. The Morgan fingerprint density at radius 3 is 1.23 bits per heavy atom. The second-order valence-electron chi connectivity index (χ2n) is 3.71. The number of rotatable bonds is 13. The van der Waals surface area contributed by atoms with Crippen molar-refractivity contribution in [2.75, 3.05) is 55.2 Å². The molecule has 0 heterocycles. The highest BCUT2D eigenvalue weighted by molar-refractivity contribution is 9.12. The summed E-state index contributed by atoms with van der Waals surface area (Å²) in [6.07, 6.45) is 0.439. The van der Waals surface area contributed by atoms with Crippen LogP contribution in [0.1, 0.15) is 42.0 Å². The van der Waals surface area contributed by atoms with Crippen molar-refractivity contribution in [2.24, 2.45) is 0 Å². The summed E-state index contributed by atoms with van der Waals surface area (Å²) in [5, 5.41) is 2.74. The van der Waals surface area contributed by atoms with Crippen LogP contribution in [0.25, 0.3) is 0 Å². The van der Waals surface area contributed by atoms with Crippen LogP contribution in [0, 0.1) is 0 Å². The van der Waals surface area contributed by atoms with Crippen LogP contribution in [0.4, 0.5) is 0 Å². The zero-order valence-corrected chi connectivity index (χ0v) is 22.4. The molecule has 0 N–H and O–H groups in total. The van der Waals surface area contributed by atoms with Gasteiger partial charge in [0.1, 0.15) is 0 Å². The number of alkyl halides is 3. The van der Waals surface area contributed by atoms with E-state index < -0.39 is 16.2 Å². The first kappa shape index (κ1) is 35.3. The molecule has 0 saturated carbocycles. The second-order valence-corrected chi connectivity index (χ2v) is 9.50. The molecule has 0 rings (SSSR count). The van der Waals surface area contributed by atoms with Crippen LogP contribution in [-0.2, 0) is 27.2 Å². The molecule has 0 amide bonds. The van der Waals surface area contributed by atoms with Crippen LogP contribution in [0.3, 0.4) is 0 Å². The van der Waals surface area contributed by atoms with Gasteiger partial charge in [0, 0.05) is 16.0 Å². The summed E-state index contributed by atoms with van der Waals surface area (Å²) in [6, 6.07) is 0. The maximum absolute atomic E-state index is 11.5. The summed E-state index contributed by atoms with van der Waals surface area (Å²) in [7, 11) is -3.83. The molecule has 11 heteroatoms.